The first-order valence-corrected chi connectivity index (χ1v) is 12.3. The number of fused-ring (bicyclic) bond motifs is 5. The molecule has 12 atom stereocenters. The van der Waals surface area contributed by atoms with Gasteiger partial charge in [0.25, 0.3) is 0 Å². The van der Waals surface area contributed by atoms with Gasteiger partial charge in [0, 0.05) is 6.61 Å². The van der Waals surface area contributed by atoms with Crippen LogP contribution in [0.2, 0.25) is 0 Å². The Morgan fingerprint density at radius 1 is 1.00 bits per heavy atom. The lowest BCUT2D eigenvalue weighted by Crippen LogP contribution is -2.65. The fourth-order valence-electron chi connectivity index (χ4n) is 9.45. The summed E-state index contributed by atoms with van der Waals surface area (Å²) in [4.78, 5) is 0. The van der Waals surface area contributed by atoms with Crippen molar-refractivity contribution in [2.45, 2.75) is 97.4 Å². The van der Waals surface area contributed by atoms with Crippen molar-refractivity contribution < 1.29 is 20.4 Å². The van der Waals surface area contributed by atoms with Gasteiger partial charge in [0.1, 0.15) is 0 Å². The summed E-state index contributed by atoms with van der Waals surface area (Å²) in [5.41, 5.74) is 0.0607. The van der Waals surface area contributed by atoms with E-state index >= 15 is 0 Å². The van der Waals surface area contributed by atoms with Gasteiger partial charge in [0.2, 0.25) is 0 Å². The van der Waals surface area contributed by atoms with E-state index in [4.69, 9.17) is 0 Å². The molecule has 4 aliphatic carbocycles. The number of aliphatic hydroxyl groups is 4. The molecule has 4 rings (SSSR count). The molecule has 0 spiro atoms. The zero-order valence-electron chi connectivity index (χ0n) is 18.9. The fourth-order valence-corrected chi connectivity index (χ4v) is 9.45. The highest BCUT2D eigenvalue weighted by atomic mass is 16.3. The maximum absolute atomic E-state index is 11.7. The van der Waals surface area contributed by atoms with Crippen LogP contribution in [0.15, 0.2) is 0 Å². The highest BCUT2D eigenvalue weighted by Gasteiger charge is 2.67. The van der Waals surface area contributed by atoms with E-state index in [9.17, 15) is 20.4 Å². The molecule has 0 radical (unpaired) electrons. The first-order chi connectivity index (χ1) is 13.7. The number of rotatable bonds is 4. The van der Waals surface area contributed by atoms with Gasteiger partial charge in [-0.1, -0.05) is 34.1 Å². The van der Waals surface area contributed by atoms with Crippen LogP contribution in [0.5, 0.6) is 0 Å². The molecule has 0 aromatic heterocycles. The Kier molecular flexibility index (Phi) is 5.90. The minimum atomic E-state index is -0.377. The van der Waals surface area contributed by atoms with E-state index in [0.29, 0.717) is 23.7 Å². The maximum atomic E-state index is 11.7. The zero-order valence-corrected chi connectivity index (χ0v) is 18.9. The molecule has 4 heteroatoms. The topological polar surface area (TPSA) is 80.9 Å². The summed E-state index contributed by atoms with van der Waals surface area (Å²) in [5.74, 6) is 2.25. The molecule has 4 saturated carbocycles. The van der Waals surface area contributed by atoms with Gasteiger partial charge >= 0.3 is 0 Å². The molecule has 4 N–H and O–H groups in total. The Balaban J connectivity index is 1.72. The van der Waals surface area contributed by atoms with Crippen molar-refractivity contribution in [2.24, 2.45) is 52.3 Å². The second-order valence-corrected chi connectivity index (χ2v) is 11.8. The van der Waals surface area contributed by atoms with Gasteiger partial charge in [-0.3, -0.25) is 0 Å². The van der Waals surface area contributed by atoms with Crippen molar-refractivity contribution in [1.29, 1.82) is 0 Å². The predicted molar refractivity (Wildman–Crippen MR) is 114 cm³/mol. The molecule has 4 nitrogen and oxygen atoms in total. The van der Waals surface area contributed by atoms with Crippen LogP contribution in [0.25, 0.3) is 0 Å². The van der Waals surface area contributed by atoms with Crippen molar-refractivity contribution in [3.05, 3.63) is 0 Å². The minimum absolute atomic E-state index is 0.0132. The lowest BCUT2D eigenvalue weighted by atomic mass is 9.40. The van der Waals surface area contributed by atoms with Gasteiger partial charge in [0.05, 0.1) is 18.3 Å². The summed E-state index contributed by atoms with van der Waals surface area (Å²) >= 11 is 0. The average molecular weight is 409 g/mol. The summed E-state index contributed by atoms with van der Waals surface area (Å²) in [6.45, 7) is 9.42. The van der Waals surface area contributed by atoms with Crippen LogP contribution in [0, 0.1) is 52.3 Å². The van der Waals surface area contributed by atoms with E-state index in [-0.39, 0.29) is 53.5 Å². The van der Waals surface area contributed by atoms with Crippen LogP contribution >= 0.6 is 0 Å². The third-order valence-corrected chi connectivity index (χ3v) is 10.7. The Morgan fingerprint density at radius 3 is 2.38 bits per heavy atom. The molecular weight excluding hydrogens is 364 g/mol. The maximum Gasteiger partial charge on any atom is 0.0605 e. The Bertz CT molecular complexity index is 595. The lowest BCUT2D eigenvalue weighted by Gasteiger charge is -2.66. The predicted octanol–water partition coefficient (Wildman–Crippen LogP) is 3.60. The van der Waals surface area contributed by atoms with Crippen molar-refractivity contribution in [3.63, 3.8) is 0 Å². The average Bonchev–Trinajstić information content (AvgIpc) is 3.00. The van der Waals surface area contributed by atoms with Crippen LogP contribution in [-0.2, 0) is 0 Å². The first-order valence-electron chi connectivity index (χ1n) is 12.3. The summed E-state index contributed by atoms with van der Waals surface area (Å²) in [5, 5.41) is 43.1. The molecule has 0 aromatic rings. The van der Waals surface area contributed by atoms with Crippen LogP contribution < -0.4 is 0 Å². The van der Waals surface area contributed by atoms with Gasteiger partial charge in [-0.25, -0.2) is 0 Å². The van der Waals surface area contributed by atoms with Crippen LogP contribution in [0.4, 0.5) is 0 Å². The Labute approximate surface area is 177 Å². The molecule has 0 amide bonds. The monoisotopic (exact) mass is 408 g/mol. The molecule has 4 fully saturated rings. The van der Waals surface area contributed by atoms with E-state index < -0.39 is 0 Å². The van der Waals surface area contributed by atoms with Gasteiger partial charge in [-0.15, -0.1) is 0 Å². The summed E-state index contributed by atoms with van der Waals surface area (Å²) < 4.78 is 0. The van der Waals surface area contributed by atoms with Gasteiger partial charge in [-0.05, 0) is 97.2 Å². The standard InChI is InChI=1S/C25H44O4/c1-5-16-19-12-15(27)8-10-24(19,3)22-20(28)13-25(4)17(14(2)9-11-26)6-7-18(25)21(22)23(16)29/h14-23,26-29H,5-13H2,1-4H3/t14-,15-,16-,17-,18?,19+,20+,21+,22?,23-,24+,25-/m1/s1. The second kappa shape index (κ2) is 7.76. The summed E-state index contributed by atoms with van der Waals surface area (Å²) in [6.07, 6.45) is 6.46. The van der Waals surface area contributed by atoms with Crippen LogP contribution in [-0.4, -0.2) is 45.3 Å². The molecule has 0 heterocycles. The SMILES string of the molecule is CC[C@H]1[C@@H](O)[C@H]2C3CC[C@H]([C@H](C)CCO)[C@@]3(C)C[C@H](O)C2[C@@]2(C)CC[C@@H](O)C[C@@H]12. The van der Waals surface area contributed by atoms with Crippen molar-refractivity contribution >= 4 is 0 Å². The molecule has 0 bridgehead atoms. The Morgan fingerprint density at radius 2 is 1.72 bits per heavy atom. The smallest absolute Gasteiger partial charge is 0.0605 e. The molecule has 0 saturated heterocycles. The number of aliphatic hydroxyl groups excluding tert-OH is 4. The van der Waals surface area contributed by atoms with Crippen LogP contribution in [0.1, 0.15) is 79.1 Å². The first kappa shape index (κ1) is 22.0. The molecule has 0 aliphatic heterocycles. The van der Waals surface area contributed by atoms with Crippen LogP contribution in [0.3, 0.4) is 0 Å². The van der Waals surface area contributed by atoms with Gasteiger partial charge < -0.3 is 20.4 Å². The molecule has 4 aliphatic rings. The zero-order chi connectivity index (χ0) is 21.1. The molecule has 2 unspecified atom stereocenters. The van der Waals surface area contributed by atoms with E-state index in [1.807, 2.05) is 0 Å². The largest absolute Gasteiger partial charge is 0.396 e. The fraction of sp³-hybridized carbons (Fsp3) is 1.00. The molecule has 0 aromatic carbocycles. The van der Waals surface area contributed by atoms with E-state index in [2.05, 4.69) is 27.7 Å². The van der Waals surface area contributed by atoms with E-state index in [0.717, 1.165) is 51.4 Å². The minimum Gasteiger partial charge on any atom is -0.396 e. The van der Waals surface area contributed by atoms with Crippen molar-refractivity contribution in [2.75, 3.05) is 6.61 Å². The highest BCUT2D eigenvalue weighted by molar-refractivity contribution is 5.15. The summed E-state index contributed by atoms with van der Waals surface area (Å²) in [7, 11) is 0. The van der Waals surface area contributed by atoms with Gasteiger partial charge in [0.15, 0.2) is 0 Å². The number of hydrogen-bond donors (Lipinski definition) is 4. The Hall–Kier alpha value is -0.160. The van der Waals surface area contributed by atoms with Crippen molar-refractivity contribution in [1.82, 2.24) is 0 Å². The normalized spacial score (nSPS) is 55.7. The van der Waals surface area contributed by atoms with Crippen molar-refractivity contribution in [3.8, 4) is 0 Å². The quantitative estimate of drug-likeness (QED) is 0.573. The third-order valence-electron chi connectivity index (χ3n) is 10.7. The number of hydrogen-bond acceptors (Lipinski definition) is 4. The van der Waals surface area contributed by atoms with E-state index in [1.165, 1.54) is 0 Å². The van der Waals surface area contributed by atoms with Gasteiger partial charge in [-0.2, -0.15) is 0 Å². The third kappa shape index (κ3) is 3.15. The summed E-state index contributed by atoms with van der Waals surface area (Å²) in [6, 6.07) is 0. The molecular formula is C25H44O4. The second-order valence-electron chi connectivity index (χ2n) is 11.8. The molecule has 29 heavy (non-hydrogen) atoms. The lowest BCUT2D eigenvalue weighted by molar-refractivity contribution is -0.235. The molecule has 168 valence electrons. The highest BCUT2D eigenvalue weighted by Crippen LogP contribution is 2.69. The van der Waals surface area contributed by atoms with E-state index in [1.54, 1.807) is 0 Å².